The van der Waals surface area contributed by atoms with Crippen LogP contribution in [0.1, 0.15) is 24.5 Å². The molecule has 0 bridgehead atoms. The fourth-order valence-electron chi connectivity index (χ4n) is 1.82. The Balaban J connectivity index is 2.13. The lowest BCUT2D eigenvalue weighted by Crippen LogP contribution is -2.45. The van der Waals surface area contributed by atoms with E-state index in [9.17, 15) is 23.1 Å². The van der Waals surface area contributed by atoms with Crippen molar-refractivity contribution in [2.75, 3.05) is 0 Å². The number of carbonyl (C=O) groups excluding carboxylic acids is 1. The first-order valence-corrected chi connectivity index (χ1v) is 6.09. The molecule has 2 rings (SSSR count). The fraction of sp³-hybridized carbons (Fsp3) is 0.385. The second kappa shape index (κ2) is 5.36. The first kappa shape index (κ1) is 15.3. The van der Waals surface area contributed by atoms with Gasteiger partial charge in [-0.05, 0) is 17.2 Å². The summed E-state index contributed by atoms with van der Waals surface area (Å²) in [7, 11) is 0. The molecule has 1 heterocycles. The molecule has 114 valence electrons. The Morgan fingerprint density at radius 1 is 1.52 bits per heavy atom. The standard InChI is InChI=1S/C13H13F3N2O3/c1-8(19)17-7-9-3-2-4-10(5-9)11-6-12(20,21-18-11)13(14,15)16/h2-5,20H,6-7H2,1H3,(H,17,19). The molecule has 1 aliphatic rings. The highest BCUT2D eigenvalue weighted by molar-refractivity contribution is 6.01. The maximum absolute atomic E-state index is 12.6. The summed E-state index contributed by atoms with van der Waals surface area (Å²) in [5.74, 6) is -3.50. The van der Waals surface area contributed by atoms with Gasteiger partial charge in [0.1, 0.15) is 0 Å². The molecular weight excluding hydrogens is 289 g/mol. The SMILES string of the molecule is CC(=O)NCc1cccc(C2=NOC(O)(C(F)(F)F)C2)c1. The summed E-state index contributed by atoms with van der Waals surface area (Å²) in [6.45, 7) is 1.61. The van der Waals surface area contributed by atoms with E-state index in [0.717, 1.165) is 0 Å². The van der Waals surface area contributed by atoms with Gasteiger partial charge >= 0.3 is 12.0 Å². The van der Waals surface area contributed by atoms with E-state index in [1.165, 1.54) is 6.92 Å². The van der Waals surface area contributed by atoms with Crippen LogP contribution in [0.5, 0.6) is 0 Å². The lowest BCUT2D eigenvalue weighted by Gasteiger charge is -2.22. The van der Waals surface area contributed by atoms with E-state index in [1.54, 1.807) is 24.3 Å². The monoisotopic (exact) mass is 302 g/mol. The molecule has 0 aliphatic carbocycles. The zero-order chi connectivity index (χ0) is 15.7. The summed E-state index contributed by atoms with van der Waals surface area (Å²) in [6, 6.07) is 6.48. The number of amides is 1. The fourth-order valence-corrected chi connectivity index (χ4v) is 1.82. The lowest BCUT2D eigenvalue weighted by molar-refractivity contribution is -0.355. The first-order chi connectivity index (χ1) is 9.71. The quantitative estimate of drug-likeness (QED) is 0.892. The Hall–Kier alpha value is -2.09. The second-order valence-electron chi connectivity index (χ2n) is 4.70. The highest BCUT2D eigenvalue weighted by atomic mass is 19.4. The maximum atomic E-state index is 12.6. The number of alkyl halides is 3. The van der Waals surface area contributed by atoms with E-state index in [0.29, 0.717) is 11.1 Å². The normalized spacial score (nSPS) is 21.7. The lowest BCUT2D eigenvalue weighted by atomic mass is 10.0. The van der Waals surface area contributed by atoms with Crippen LogP contribution in [0, 0.1) is 0 Å². The van der Waals surface area contributed by atoms with Crippen molar-refractivity contribution in [1.82, 2.24) is 5.32 Å². The van der Waals surface area contributed by atoms with Crippen LogP contribution < -0.4 is 5.32 Å². The molecule has 8 heteroatoms. The van der Waals surface area contributed by atoms with Crippen molar-refractivity contribution in [1.29, 1.82) is 0 Å². The molecule has 1 aromatic rings. The third kappa shape index (κ3) is 3.33. The highest BCUT2D eigenvalue weighted by Crippen LogP contribution is 2.38. The number of carbonyl (C=O) groups is 1. The van der Waals surface area contributed by atoms with Crippen molar-refractivity contribution in [3.63, 3.8) is 0 Å². The molecule has 1 amide bonds. The molecule has 2 N–H and O–H groups in total. The minimum Gasteiger partial charge on any atom is -0.352 e. The molecule has 1 aromatic carbocycles. The van der Waals surface area contributed by atoms with E-state index in [2.05, 4.69) is 15.3 Å². The van der Waals surface area contributed by atoms with Crippen LogP contribution in [0.3, 0.4) is 0 Å². The summed E-state index contributed by atoms with van der Waals surface area (Å²) in [6.07, 6.45) is -5.70. The zero-order valence-electron chi connectivity index (χ0n) is 11.1. The van der Waals surface area contributed by atoms with Crippen LogP contribution in [-0.2, 0) is 16.2 Å². The van der Waals surface area contributed by atoms with Gasteiger partial charge < -0.3 is 15.3 Å². The van der Waals surface area contributed by atoms with Gasteiger partial charge in [-0.1, -0.05) is 23.4 Å². The summed E-state index contributed by atoms with van der Waals surface area (Å²) in [5, 5.41) is 15.3. The van der Waals surface area contributed by atoms with Crippen LogP contribution >= 0.6 is 0 Å². The third-order valence-electron chi connectivity index (χ3n) is 2.96. The molecule has 5 nitrogen and oxygen atoms in total. The minimum atomic E-state index is -4.92. The Morgan fingerprint density at radius 3 is 2.81 bits per heavy atom. The minimum absolute atomic E-state index is 0.000463. The maximum Gasteiger partial charge on any atom is 0.458 e. The van der Waals surface area contributed by atoms with Crippen LogP contribution in [0.25, 0.3) is 0 Å². The molecule has 0 aromatic heterocycles. The first-order valence-electron chi connectivity index (χ1n) is 6.09. The second-order valence-corrected chi connectivity index (χ2v) is 4.70. The van der Waals surface area contributed by atoms with Crippen molar-refractivity contribution < 1.29 is 27.9 Å². The predicted molar refractivity (Wildman–Crippen MR) is 67.2 cm³/mol. The molecule has 0 spiro atoms. The average molecular weight is 302 g/mol. The van der Waals surface area contributed by atoms with Crippen LogP contribution in [0.4, 0.5) is 13.2 Å². The van der Waals surface area contributed by atoms with Crippen molar-refractivity contribution in [2.24, 2.45) is 5.16 Å². The van der Waals surface area contributed by atoms with Crippen LogP contribution in [0.15, 0.2) is 29.4 Å². The molecule has 21 heavy (non-hydrogen) atoms. The number of nitrogens with one attached hydrogen (secondary N) is 1. The van der Waals surface area contributed by atoms with Gasteiger partial charge in [0.25, 0.3) is 0 Å². The Kier molecular flexibility index (Phi) is 3.91. The van der Waals surface area contributed by atoms with E-state index in [4.69, 9.17) is 0 Å². The Morgan fingerprint density at radius 2 is 2.24 bits per heavy atom. The van der Waals surface area contributed by atoms with Crippen LogP contribution in [0.2, 0.25) is 0 Å². The number of aliphatic hydroxyl groups is 1. The van der Waals surface area contributed by atoms with E-state index in [-0.39, 0.29) is 18.2 Å². The van der Waals surface area contributed by atoms with Gasteiger partial charge in [0, 0.05) is 13.5 Å². The van der Waals surface area contributed by atoms with Gasteiger partial charge in [-0.15, -0.1) is 0 Å². The summed E-state index contributed by atoms with van der Waals surface area (Å²) < 4.78 is 37.9. The predicted octanol–water partition coefficient (Wildman–Crippen LogP) is 1.70. The number of hydrogen-bond donors (Lipinski definition) is 2. The van der Waals surface area contributed by atoms with Crippen molar-refractivity contribution in [3.05, 3.63) is 35.4 Å². The van der Waals surface area contributed by atoms with E-state index < -0.39 is 18.4 Å². The number of nitrogens with zero attached hydrogens (tertiary/aromatic N) is 1. The van der Waals surface area contributed by atoms with Gasteiger partial charge in [-0.2, -0.15) is 13.2 Å². The number of rotatable bonds is 3. The smallest absolute Gasteiger partial charge is 0.352 e. The molecule has 0 saturated carbocycles. The third-order valence-corrected chi connectivity index (χ3v) is 2.96. The van der Waals surface area contributed by atoms with Gasteiger partial charge in [0.05, 0.1) is 12.1 Å². The molecule has 0 saturated heterocycles. The molecule has 1 atom stereocenters. The topological polar surface area (TPSA) is 70.9 Å². The molecule has 1 unspecified atom stereocenters. The number of halogens is 3. The largest absolute Gasteiger partial charge is 0.458 e. The summed E-state index contributed by atoms with van der Waals surface area (Å²) >= 11 is 0. The Bertz CT molecular complexity index is 586. The number of benzene rings is 1. The van der Waals surface area contributed by atoms with Gasteiger partial charge in [0.2, 0.25) is 5.91 Å². The summed E-state index contributed by atoms with van der Waals surface area (Å²) in [5.41, 5.74) is 1.10. The number of hydrogen-bond acceptors (Lipinski definition) is 4. The van der Waals surface area contributed by atoms with E-state index >= 15 is 0 Å². The van der Waals surface area contributed by atoms with Gasteiger partial charge in [0.15, 0.2) is 0 Å². The molecule has 0 radical (unpaired) electrons. The average Bonchev–Trinajstić information content (AvgIpc) is 2.80. The van der Waals surface area contributed by atoms with Crippen LogP contribution in [-0.4, -0.2) is 28.7 Å². The van der Waals surface area contributed by atoms with Gasteiger partial charge in [-0.3, -0.25) is 4.79 Å². The Labute approximate surface area is 118 Å². The van der Waals surface area contributed by atoms with E-state index in [1.807, 2.05) is 0 Å². The molecule has 1 aliphatic heterocycles. The molecular formula is C13H13F3N2O3. The molecule has 0 fully saturated rings. The van der Waals surface area contributed by atoms with Crippen molar-refractivity contribution in [3.8, 4) is 0 Å². The number of oxime groups is 1. The zero-order valence-corrected chi connectivity index (χ0v) is 11.1. The van der Waals surface area contributed by atoms with Gasteiger partial charge in [-0.25, -0.2) is 0 Å². The van der Waals surface area contributed by atoms with Crippen molar-refractivity contribution >= 4 is 11.6 Å². The summed E-state index contributed by atoms with van der Waals surface area (Å²) in [4.78, 5) is 15.0. The highest BCUT2D eigenvalue weighted by Gasteiger charge is 2.60. The van der Waals surface area contributed by atoms with Crippen molar-refractivity contribution in [2.45, 2.75) is 31.9 Å².